The van der Waals surface area contributed by atoms with Crippen LogP contribution in [0.25, 0.3) is 0 Å². The summed E-state index contributed by atoms with van der Waals surface area (Å²) in [5.74, 6) is 1.45. The SMILES string of the molecule is CNC(C(=O)NCCc1cc(OC)ccc1OC)c1cnn(C)c1. The summed E-state index contributed by atoms with van der Waals surface area (Å²) in [7, 11) is 6.83. The van der Waals surface area contributed by atoms with Crippen LogP contribution in [0.3, 0.4) is 0 Å². The molecule has 0 fully saturated rings. The van der Waals surface area contributed by atoms with Crippen molar-refractivity contribution in [2.45, 2.75) is 12.5 Å². The van der Waals surface area contributed by atoms with Gasteiger partial charge in [0.2, 0.25) is 5.91 Å². The molecule has 1 heterocycles. The number of nitrogens with zero attached hydrogens (tertiary/aromatic N) is 2. The molecule has 2 aromatic rings. The third-order valence-electron chi connectivity index (χ3n) is 3.79. The van der Waals surface area contributed by atoms with E-state index in [-0.39, 0.29) is 5.91 Å². The molecule has 7 heteroatoms. The van der Waals surface area contributed by atoms with Gasteiger partial charge in [0.25, 0.3) is 0 Å². The normalized spacial score (nSPS) is 11.8. The van der Waals surface area contributed by atoms with Crippen molar-refractivity contribution in [3.63, 3.8) is 0 Å². The van der Waals surface area contributed by atoms with Crippen LogP contribution in [0.15, 0.2) is 30.6 Å². The number of likely N-dealkylation sites (N-methyl/N-ethyl adjacent to an activating group) is 1. The van der Waals surface area contributed by atoms with Gasteiger partial charge in [0.1, 0.15) is 17.5 Å². The minimum atomic E-state index is -0.425. The van der Waals surface area contributed by atoms with Crippen LogP contribution < -0.4 is 20.1 Å². The van der Waals surface area contributed by atoms with Crippen LogP contribution >= 0.6 is 0 Å². The van der Waals surface area contributed by atoms with Gasteiger partial charge in [-0.2, -0.15) is 5.10 Å². The zero-order valence-corrected chi connectivity index (χ0v) is 14.5. The fourth-order valence-electron chi connectivity index (χ4n) is 2.54. The highest BCUT2D eigenvalue weighted by molar-refractivity contribution is 5.83. The molecular formula is C17H24N4O3. The molecule has 1 aromatic heterocycles. The molecule has 0 saturated heterocycles. The average Bonchev–Trinajstić information content (AvgIpc) is 3.01. The van der Waals surface area contributed by atoms with Crippen molar-refractivity contribution >= 4 is 5.91 Å². The number of benzene rings is 1. The van der Waals surface area contributed by atoms with Crippen molar-refractivity contribution in [3.8, 4) is 11.5 Å². The molecule has 130 valence electrons. The van der Waals surface area contributed by atoms with Gasteiger partial charge in [-0.3, -0.25) is 9.48 Å². The van der Waals surface area contributed by atoms with Crippen LogP contribution in [0.4, 0.5) is 0 Å². The van der Waals surface area contributed by atoms with E-state index in [1.54, 1.807) is 32.1 Å². The Morgan fingerprint density at radius 3 is 2.71 bits per heavy atom. The fourth-order valence-corrected chi connectivity index (χ4v) is 2.54. The van der Waals surface area contributed by atoms with Gasteiger partial charge in [0.05, 0.1) is 20.4 Å². The zero-order chi connectivity index (χ0) is 17.5. The summed E-state index contributed by atoms with van der Waals surface area (Å²) in [6.45, 7) is 0.501. The van der Waals surface area contributed by atoms with E-state index in [1.807, 2.05) is 31.4 Å². The first-order chi connectivity index (χ1) is 11.6. The number of aryl methyl sites for hydroxylation is 1. The summed E-state index contributed by atoms with van der Waals surface area (Å²) in [6, 6.07) is 5.20. The predicted octanol–water partition coefficient (Wildman–Crippen LogP) is 1.06. The summed E-state index contributed by atoms with van der Waals surface area (Å²) in [4.78, 5) is 12.4. The molecule has 7 nitrogen and oxygen atoms in total. The van der Waals surface area contributed by atoms with Crippen LogP contribution in [0.2, 0.25) is 0 Å². The molecule has 0 aliphatic rings. The average molecular weight is 332 g/mol. The summed E-state index contributed by atoms with van der Waals surface area (Å²) in [5.41, 5.74) is 1.82. The Kier molecular flexibility index (Phi) is 6.20. The molecule has 0 saturated carbocycles. The number of ether oxygens (including phenoxy) is 2. The Bertz CT molecular complexity index is 684. The third-order valence-corrected chi connectivity index (χ3v) is 3.79. The number of carbonyl (C=O) groups excluding carboxylic acids is 1. The zero-order valence-electron chi connectivity index (χ0n) is 14.5. The maximum absolute atomic E-state index is 12.4. The Morgan fingerprint density at radius 1 is 1.33 bits per heavy atom. The lowest BCUT2D eigenvalue weighted by molar-refractivity contribution is -0.123. The Hall–Kier alpha value is -2.54. The highest BCUT2D eigenvalue weighted by atomic mass is 16.5. The monoisotopic (exact) mass is 332 g/mol. The number of hydrogen-bond donors (Lipinski definition) is 2. The molecule has 0 spiro atoms. The molecule has 24 heavy (non-hydrogen) atoms. The summed E-state index contributed by atoms with van der Waals surface area (Å²) >= 11 is 0. The minimum absolute atomic E-state index is 0.0904. The number of aromatic nitrogens is 2. The molecule has 0 bridgehead atoms. The number of hydrogen-bond acceptors (Lipinski definition) is 5. The topological polar surface area (TPSA) is 77.4 Å². The first-order valence-electron chi connectivity index (χ1n) is 7.73. The van der Waals surface area contributed by atoms with Crippen LogP contribution in [-0.4, -0.2) is 43.5 Å². The van der Waals surface area contributed by atoms with Gasteiger partial charge in [-0.1, -0.05) is 0 Å². The fraction of sp³-hybridized carbons (Fsp3) is 0.412. The third kappa shape index (κ3) is 4.26. The van der Waals surface area contributed by atoms with Crippen LogP contribution in [-0.2, 0) is 18.3 Å². The van der Waals surface area contributed by atoms with E-state index in [9.17, 15) is 4.79 Å². The van der Waals surface area contributed by atoms with Crippen LogP contribution in [0, 0.1) is 0 Å². The summed E-state index contributed by atoms with van der Waals surface area (Å²) in [5, 5.41) is 10.1. The van der Waals surface area contributed by atoms with Gasteiger partial charge in [-0.05, 0) is 37.2 Å². The van der Waals surface area contributed by atoms with E-state index in [1.165, 1.54) is 0 Å². The molecule has 1 aromatic carbocycles. The van der Waals surface area contributed by atoms with Crippen molar-refractivity contribution in [1.29, 1.82) is 0 Å². The van der Waals surface area contributed by atoms with Gasteiger partial charge in [0, 0.05) is 25.4 Å². The van der Waals surface area contributed by atoms with Crippen LogP contribution in [0.5, 0.6) is 11.5 Å². The smallest absolute Gasteiger partial charge is 0.241 e. The quantitative estimate of drug-likeness (QED) is 0.756. The second-order valence-corrected chi connectivity index (χ2v) is 5.39. The molecule has 2 rings (SSSR count). The highest BCUT2D eigenvalue weighted by Gasteiger charge is 2.19. The van der Waals surface area contributed by atoms with Crippen molar-refractivity contribution in [2.24, 2.45) is 7.05 Å². The first-order valence-corrected chi connectivity index (χ1v) is 7.73. The maximum Gasteiger partial charge on any atom is 0.241 e. The molecule has 0 aliphatic carbocycles. The van der Waals surface area contributed by atoms with E-state index in [0.717, 1.165) is 22.6 Å². The molecule has 0 radical (unpaired) electrons. The summed E-state index contributed by atoms with van der Waals surface area (Å²) < 4.78 is 12.3. The molecule has 1 unspecified atom stereocenters. The van der Waals surface area contributed by atoms with E-state index in [0.29, 0.717) is 13.0 Å². The molecule has 2 N–H and O–H groups in total. The largest absolute Gasteiger partial charge is 0.497 e. The van der Waals surface area contributed by atoms with Crippen molar-refractivity contribution < 1.29 is 14.3 Å². The van der Waals surface area contributed by atoms with E-state index >= 15 is 0 Å². The molecular weight excluding hydrogens is 308 g/mol. The summed E-state index contributed by atoms with van der Waals surface area (Å²) in [6.07, 6.45) is 4.16. The first kappa shape index (κ1) is 17.8. The molecule has 1 amide bonds. The lowest BCUT2D eigenvalue weighted by Gasteiger charge is -2.15. The lowest BCUT2D eigenvalue weighted by Crippen LogP contribution is -2.36. The van der Waals surface area contributed by atoms with E-state index in [2.05, 4.69) is 15.7 Å². The lowest BCUT2D eigenvalue weighted by atomic mass is 10.1. The second-order valence-electron chi connectivity index (χ2n) is 5.39. The second kappa shape index (κ2) is 8.35. The molecule has 0 aliphatic heterocycles. The standard InChI is InChI=1S/C17H24N4O3/c1-18-16(13-10-20-21(2)11-13)17(22)19-8-7-12-9-14(23-3)5-6-15(12)24-4/h5-6,9-11,16,18H,7-8H2,1-4H3,(H,19,22). The Balaban J connectivity index is 1.97. The van der Waals surface area contributed by atoms with Gasteiger partial charge in [-0.15, -0.1) is 0 Å². The molecule has 1 atom stereocenters. The van der Waals surface area contributed by atoms with E-state index in [4.69, 9.17) is 9.47 Å². The number of nitrogens with one attached hydrogen (secondary N) is 2. The van der Waals surface area contributed by atoms with Gasteiger partial charge in [-0.25, -0.2) is 0 Å². The number of amides is 1. The van der Waals surface area contributed by atoms with Gasteiger partial charge >= 0.3 is 0 Å². The predicted molar refractivity (Wildman–Crippen MR) is 91.3 cm³/mol. The minimum Gasteiger partial charge on any atom is -0.497 e. The van der Waals surface area contributed by atoms with Crippen molar-refractivity contribution in [1.82, 2.24) is 20.4 Å². The highest BCUT2D eigenvalue weighted by Crippen LogP contribution is 2.24. The van der Waals surface area contributed by atoms with Crippen LogP contribution in [0.1, 0.15) is 17.2 Å². The maximum atomic E-state index is 12.4. The van der Waals surface area contributed by atoms with Crippen molar-refractivity contribution in [2.75, 3.05) is 27.8 Å². The Labute approximate surface area is 142 Å². The number of rotatable bonds is 8. The van der Waals surface area contributed by atoms with Gasteiger partial charge < -0.3 is 20.1 Å². The number of carbonyl (C=O) groups is 1. The van der Waals surface area contributed by atoms with Crippen molar-refractivity contribution in [3.05, 3.63) is 41.7 Å². The number of methoxy groups -OCH3 is 2. The van der Waals surface area contributed by atoms with Gasteiger partial charge in [0.15, 0.2) is 0 Å². The Morgan fingerprint density at radius 2 is 2.12 bits per heavy atom. The van der Waals surface area contributed by atoms with E-state index < -0.39 is 6.04 Å².